The van der Waals surface area contributed by atoms with Crippen LogP contribution >= 0.6 is 11.8 Å². The summed E-state index contributed by atoms with van der Waals surface area (Å²) in [6.45, 7) is 0. The second kappa shape index (κ2) is 6.80. The van der Waals surface area contributed by atoms with Gasteiger partial charge in [-0.1, -0.05) is 12.8 Å². The van der Waals surface area contributed by atoms with Gasteiger partial charge in [0, 0.05) is 23.3 Å². The van der Waals surface area contributed by atoms with Gasteiger partial charge in [0.05, 0.1) is 11.8 Å². The standard InChI is InChI=1S/C21H24FN3O3S/c1-29-9-8-15-16-17(19(27)25(18(16)26)12-4-2-3-5-12)21(24-15)13-10-11(22)6-7-14(13)23-20(21)28/h6-7,10,12,15-17,24H,2-5,8-9H2,1H3,(H,23,28). The molecule has 4 aliphatic rings. The summed E-state index contributed by atoms with van der Waals surface area (Å²) >= 11 is 1.66. The Balaban J connectivity index is 1.63. The molecule has 1 saturated carbocycles. The Kier molecular flexibility index (Phi) is 4.47. The number of fused-ring (bicyclic) bond motifs is 4. The van der Waals surface area contributed by atoms with Crippen molar-refractivity contribution in [3.05, 3.63) is 29.6 Å². The number of halogens is 1. The fourth-order valence-electron chi connectivity index (χ4n) is 5.81. The van der Waals surface area contributed by atoms with E-state index in [9.17, 15) is 18.8 Å². The molecule has 3 heterocycles. The molecule has 1 aromatic rings. The first kappa shape index (κ1) is 19.1. The van der Waals surface area contributed by atoms with E-state index in [2.05, 4.69) is 10.6 Å². The van der Waals surface area contributed by atoms with E-state index < -0.39 is 23.2 Å². The summed E-state index contributed by atoms with van der Waals surface area (Å²) in [5.74, 6) is -1.89. The van der Waals surface area contributed by atoms with E-state index in [-0.39, 0.29) is 29.8 Å². The van der Waals surface area contributed by atoms with Gasteiger partial charge in [-0.25, -0.2) is 4.39 Å². The van der Waals surface area contributed by atoms with Crippen molar-refractivity contribution in [2.24, 2.45) is 11.8 Å². The van der Waals surface area contributed by atoms with Crippen LogP contribution in [0.5, 0.6) is 0 Å². The van der Waals surface area contributed by atoms with Gasteiger partial charge in [0.2, 0.25) is 17.7 Å². The van der Waals surface area contributed by atoms with E-state index >= 15 is 0 Å². The number of anilines is 1. The summed E-state index contributed by atoms with van der Waals surface area (Å²) in [6.07, 6.45) is 6.31. The van der Waals surface area contributed by atoms with Crippen molar-refractivity contribution in [3.8, 4) is 0 Å². The molecule has 0 aromatic heterocycles. The predicted molar refractivity (Wildman–Crippen MR) is 108 cm³/mol. The number of nitrogens with one attached hydrogen (secondary N) is 2. The highest BCUT2D eigenvalue weighted by atomic mass is 32.2. The largest absolute Gasteiger partial charge is 0.324 e. The normalized spacial score (nSPS) is 33.7. The van der Waals surface area contributed by atoms with Gasteiger partial charge in [0.25, 0.3) is 0 Å². The van der Waals surface area contributed by atoms with Crippen molar-refractivity contribution in [1.82, 2.24) is 10.2 Å². The van der Waals surface area contributed by atoms with Crippen LogP contribution in [0.25, 0.3) is 0 Å². The van der Waals surface area contributed by atoms with Crippen LogP contribution in [0, 0.1) is 17.7 Å². The minimum Gasteiger partial charge on any atom is -0.324 e. The molecule has 0 radical (unpaired) electrons. The number of carbonyl (C=O) groups excluding carboxylic acids is 3. The van der Waals surface area contributed by atoms with Gasteiger partial charge in [-0.05, 0) is 49.5 Å². The zero-order chi connectivity index (χ0) is 20.3. The first-order valence-electron chi connectivity index (χ1n) is 10.2. The minimum absolute atomic E-state index is 0.0738. The smallest absolute Gasteiger partial charge is 0.250 e. The average molecular weight is 418 g/mol. The minimum atomic E-state index is -1.38. The molecule has 8 heteroatoms. The van der Waals surface area contributed by atoms with Gasteiger partial charge in [-0.3, -0.25) is 24.6 Å². The van der Waals surface area contributed by atoms with Crippen molar-refractivity contribution in [1.29, 1.82) is 0 Å². The molecule has 3 amide bonds. The number of hydrogen-bond donors (Lipinski definition) is 2. The molecule has 3 fully saturated rings. The van der Waals surface area contributed by atoms with Crippen molar-refractivity contribution in [2.75, 3.05) is 17.3 Å². The van der Waals surface area contributed by atoms with Gasteiger partial charge in [-0.2, -0.15) is 11.8 Å². The molecule has 2 saturated heterocycles. The van der Waals surface area contributed by atoms with Crippen LogP contribution in [0.2, 0.25) is 0 Å². The van der Waals surface area contributed by atoms with Crippen LogP contribution in [-0.4, -0.2) is 46.7 Å². The van der Waals surface area contributed by atoms with Crippen molar-refractivity contribution < 1.29 is 18.8 Å². The van der Waals surface area contributed by atoms with Crippen LogP contribution in [-0.2, 0) is 19.9 Å². The summed E-state index contributed by atoms with van der Waals surface area (Å²) in [7, 11) is 0. The molecule has 5 rings (SSSR count). The molecule has 1 aliphatic carbocycles. The maximum absolute atomic E-state index is 14.1. The summed E-state index contributed by atoms with van der Waals surface area (Å²) in [4.78, 5) is 41.7. The highest BCUT2D eigenvalue weighted by Crippen LogP contribution is 2.54. The van der Waals surface area contributed by atoms with Gasteiger partial charge in [0.15, 0.2) is 0 Å². The third-order valence-electron chi connectivity index (χ3n) is 7.03. The molecule has 0 bridgehead atoms. The fraction of sp³-hybridized carbons (Fsp3) is 0.571. The van der Waals surface area contributed by atoms with Gasteiger partial charge < -0.3 is 5.32 Å². The Morgan fingerprint density at radius 3 is 2.69 bits per heavy atom. The number of hydrogen-bond acceptors (Lipinski definition) is 5. The van der Waals surface area contributed by atoms with Crippen molar-refractivity contribution in [2.45, 2.75) is 49.7 Å². The average Bonchev–Trinajstić information content (AvgIpc) is 3.43. The number of imide groups is 1. The maximum Gasteiger partial charge on any atom is 0.250 e. The molecule has 6 nitrogen and oxygen atoms in total. The molecule has 154 valence electrons. The third-order valence-corrected chi connectivity index (χ3v) is 7.68. The highest BCUT2D eigenvalue weighted by Gasteiger charge is 2.70. The lowest BCUT2D eigenvalue weighted by molar-refractivity contribution is -0.145. The molecule has 1 aromatic carbocycles. The van der Waals surface area contributed by atoms with Crippen molar-refractivity contribution >= 4 is 35.2 Å². The Labute approximate surface area is 173 Å². The highest BCUT2D eigenvalue weighted by molar-refractivity contribution is 7.98. The summed E-state index contributed by atoms with van der Waals surface area (Å²) in [5.41, 5.74) is -0.433. The van der Waals surface area contributed by atoms with Crippen LogP contribution < -0.4 is 10.6 Å². The first-order chi connectivity index (χ1) is 14.0. The Morgan fingerprint density at radius 2 is 1.97 bits per heavy atom. The predicted octanol–water partition coefficient (Wildman–Crippen LogP) is 2.24. The third kappa shape index (κ3) is 2.54. The first-order valence-corrected chi connectivity index (χ1v) is 11.6. The Hall–Kier alpha value is -1.93. The topological polar surface area (TPSA) is 78.5 Å². The Bertz CT molecular complexity index is 903. The molecule has 3 aliphatic heterocycles. The second-order valence-electron chi connectivity index (χ2n) is 8.47. The summed E-state index contributed by atoms with van der Waals surface area (Å²) in [5, 5.41) is 6.16. The SMILES string of the molecule is CSCCC1NC2(C(=O)Nc3ccc(F)cc32)C2C(=O)N(C3CCCC3)C(=O)C12. The number of benzene rings is 1. The Morgan fingerprint density at radius 1 is 1.21 bits per heavy atom. The lowest BCUT2D eigenvalue weighted by atomic mass is 9.76. The molecule has 4 unspecified atom stereocenters. The molecule has 2 N–H and O–H groups in total. The van der Waals surface area contributed by atoms with Crippen LogP contribution in [0.15, 0.2) is 18.2 Å². The molecule has 4 atom stereocenters. The van der Waals surface area contributed by atoms with Crippen LogP contribution in [0.1, 0.15) is 37.7 Å². The van der Waals surface area contributed by atoms with E-state index in [1.54, 1.807) is 11.8 Å². The zero-order valence-electron chi connectivity index (χ0n) is 16.2. The molecule has 1 spiro atoms. The molecular weight excluding hydrogens is 393 g/mol. The number of likely N-dealkylation sites (tertiary alicyclic amines) is 1. The molecular formula is C21H24FN3O3S. The number of thioether (sulfide) groups is 1. The number of carbonyl (C=O) groups is 3. The number of amides is 3. The van der Waals surface area contributed by atoms with Gasteiger partial charge >= 0.3 is 0 Å². The van der Waals surface area contributed by atoms with E-state index in [1.165, 1.54) is 23.1 Å². The van der Waals surface area contributed by atoms with Crippen LogP contribution in [0.4, 0.5) is 10.1 Å². The zero-order valence-corrected chi connectivity index (χ0v) is 17.1. The number of nitrogens with zero attached hydrogens (tertiary/aromatic N) is 1. The summed E-state index contributed by atoms with van der Waals surface area (Å²) < 4.78 is 14.1. The summed E-state index contributed by atoms with van der Waals surface area (Å²) in [6, 6.07) is 3.77. The van der Waals surface area contributed by atoms with E-state index in [0.29, 0.717) is 17.7 Å². The number of rotatable bonds is 4. The fourth-order valence-corrected chi connectivity index (χ4v) is 6.30. The monoisotopic (exact) mass is 417 g/mol. The van der Waals surface area contributed by atoms with E-state index in [0.717, 1.165) is 31.4 Å². The lowest BCUT2D eigenvalue weighted by Gasteiger charge is -2.31. The van der Waals surface area contributed by atoms with Crippen LogP contribution in [0.3, 0.4) is 0 Å². The van der Waals surface area contributed by atoms with E-state index in [4.69, 9.17) is 0 Å². The van der Waals surface area contributed by atoms with Gasteiger partial charge in [-0.15, -0.1) is 0 Å². The van der Waals surface area contributed by atoms with Gasteiger partial charge in [0.1, 0.15) is 11.4 Å². The maximum atomic E-state index is 14.1. The second-order valence-corrected chi connectivity index (χ2v) is 9.46. The lowest BCUT2D eigenvalue weighted by Crippen LogP contribution is -2.54. The quantitative estimate of drug-likeness (QED) is 0.735. The van der Waals surface area contributed by atoms with Crippen molar-refractivity contribution in [3.63, 3.8) is 0 Å². The molecule has 29 heavy (non-hydrogen) atoms. The van der Waals surface area contributed by atoms with E-state index in [1.807, 2.05) is 6.26 Å².